The van der Waals surface area contributed by atoms with Crippen LogP contribution in [-0.2, 0) is 11.8 Å². The molecule has 0 saturated heterocycles. The minimum Gasteiger partial charge on any atom is -0.327 e. The fourth-order valence-corrected chi connectivity index (χ4v) is 1.71. The van der Waals surface area contributed by atoms with Gasteiger partial charge in [0, 0.05) is 30.8 Å². The smallest absolute Gasteiger partial charge is 0.225 e. The molecule has 1 atom stereocenters. The maximum atomic E-state index is 11.7. The van der Waals surface area contributed by atoms with E-state index >= 15 is 0 Å². The zero-order valence-electron chi connectivity index (χ0n) is 10.9. The van der Waals surface area contributed by atoms with Crippen LogP contribution in [0.4, 0.5) is 5.69 Å². The van der Waals surface area contributed by atoms with Crippen LogP contribution in [-0.4, -0.2) is 32.2 Å². The number of anilines is 1. The van der Waals surface area contributed by atoms with Crippen LogP contribution in [0.3, 0.4) is 0 Å². The summed E-state index contributed by atoms with van der Waals surface area (Å²) in [5.41, 5.74) is 7.12. The zero-order valence-corrected chi connectivity index (χ0v) is 10.9. The highest BCUT2D eigenvalue weighted by atomic mass is 16.1. The fourth-order valence-electron chi connectivity index (χ4n) is 1.71. The van der Waals surface area contributed by atoms with Gasteiger partial charge in [0.2, 0.25) is 5.91 Å². The molecule has 7 nitrogen and oxygen atoms in total. The second-order valence-corrected chi connectivity index (χ2v) is 4.44. The summed E-state index contributed by atoms with van der Waals surface area (Å²) in [7, 11) is 1.76. The SMILES string of the molecule is CC(N)CC(=O)Nc1cccc(-c2nnnn2C)c1. The van der Waals surface area contributed by atoms with Gasteiger partial charge in [-0.25, -0.2) is 4.68 Å². The number of nitrogens with zero attached hydrogens (tertiary/aromatic N) is 4. The first-order valence-electron chi connectivity index (χ1n) is 5.94. The monoisotopic (exact) mass is 260 g/mol. The van der Waals surface area contributed by atoms with E-state index in [2.05, 4.69) is 20.8 Å². The number of hydrogen-bond acceptors (Lipinski definition) is 5. The van der Waals surface area contributed by atoms with Gasteiger partial charge in [-0.15, -0.1) is 5.10 Å². The summed E-state index contributed by atoms with van der Waals surface area (Å²) in [6, 6.07) is 7.20. The highest BCUT2D eigenvalue weighted by Crippen LogP contribution is 2.19. The number of hydrogen-bond donors (Lipinski definition) is 2. The van der Waals surface area contributed by atoms with Gasteiger partial charge in [-0.3, -0.25) is 4.79 Å². The van der Waals surface area contributed by atoms with Gasteiger partial charge >= 0.3 is 0 Å². The van der Waals surface area contributed by atoms with Crippen LogP contribution in [0.15, 0.2) is 24.3 Å². The van der Waals surface area contributed by atoms with Gasteiger partial charge < -0.3 is 11.1 Å². The third-order valence-electron chi connectivity index (χ3n) is 2.53. The van der Waals surface area contributed by atoms with E-state index in [1.165, 1.54) is 0 Å². The maximum Gasteiger partial charge on any atom is 0.225 e. The van der Waals surface area contributed by atoms with Gasteiger partial charge in [0.05, 0.1) is 0 Å². The zero-order chi connectivity index (χ0) is 13.8. The number of aromatic nitrogens is 4. The van der Waals surface area contributed by atoms with Crippen molar-refractivity contribution in [1.29, 1.82) is 0 Å². The van der Waals surface area contributed by atoms with E-state index in [0.717, 1.165) is 5.56 Å². The Balaban J connectivity index is 2.16. The Kier molecular flexibility index (Phi) is 3.86. The molecule has 7 heteroatoms. The Morgan fingerprint density at radius 3 is 2.95 bits per heavy atom. The van der Waals surface area contributed by atoms with Gasteiger partial charge in [0.1, 0.15) is 0 Å². The number of carbonyl (C=O) groups excluding carboxylic acids is 1. The first-order valence-corrected chi connectivity index (χ1v) is 5.94. The van der Waals surface area contributed by atoms with Crippen molar-refractivity contribution >= 4 is 11.6 Å². The van der Waals surface area contributed by atoms with E-state index in [0.29, 0.717) is 11.5 Å². The van der Waals surface area contributed by atoms with E-state index in [4.69, 9.17) is 5.73 Å². The van der Waals surface area contributed by atoms with E-state index < -0.39 is 0 Å². The standard InChI is InChI=1S/C12H16N6O/c1-8(13)6-11(19)14-10-5-3-4-9(7-10)12-15-16-17-18(12)2/h3-5,7-8H,6,13H2,1-2H3,(H,14,19). The molecule has 100 valence electrons. The lowest BCUT2D eigenvalue weighted by Crippen LogP contribution is -2.23. The van der Waals surface area contributed by atoms with Crippen LogP contribution in [0.5, 0.6) is 0 Å². The summed E-state index contributed by atoms with van der Waals surface area (Å²) >= 11 is 0. The number of aryl methyl sites for hydroxylation is 1. The lowest BCUT2D eigenvalue weighted by molar-refractivity contribution is -0.116. The summed E-state index contributed by atoms with van der Waals surface area (Å²) in [5.74, 6) is 0.534. The lowest BCUT2D eigenvalue weighted by atomic mass is 10.2. The van der Waals surface area contributed by atoms with Crippen LogP contribution in [0.2, 0.25) is 0 Å². The second kappa shape index (κ2) is 5.57. The largest absolute Gasteiger partial charge is 0.327 e. The summed E-state index contributed by atoms with van der Waals surface area (Å²) in [5, 5.41) is 14.1. The molecule has 19 heavy (non-hydrogen) atoms. The van der Waals surface area contributed by atoms with Crippen molar-refractivity contribution in [2.24, 2.45) is 12.8 Å². The van der Waals surface area contributed by atoms with Gasteiger partial charge in [0.25, 0.3) is 0 Å². The molecule has 0 aliphatic rings. The Morgan fingerprint density at radius 2 is 2.32 bits per heavy atom. The minimum atomic E-state index is -0.161. The third-order valence-corrected chi connectivity index (χ3v) is 2.53. The summed E-state index contributed by atoms with van der Waals surface area (Å²) in [6.45, 7) is 1.79. The number of benzene rings is 1. The lowest BCUT2D eigenvalue weighted by Gasteiger charge is -2.08. The minimum absolute atomic E-state index is 0.108. The number of rotatable bonds is 4. The molecule has 1 unspecified atom stereocenters. The van der Waals surface area contributed by atoms with Gasteiger partial charge in [-0.2, -0.15) is 0 Å². The first kappa shape index (κ1) is 13.2. The molecule has 3 N–H and O–H groups in total. The number of tetrazole rings is 1. The van der Waals surface area contributed by atoms with Crippen LogP contribution >= 0.6 is 0 Å². The van der Waals surface area contributed by atoms with Gasteiger partial charge in [-0.1, -0.05) is 12.1 Å². The van der Waals surface area contributed by atoms with Crippen LogP contribution in [0.1, 0.15) is 13.3 Å². The normalized spacial score (nSPS) is 12.2. The molecule has 1 aromatic heterocycles. The Bertz CT molecular complexity index is 577. The predicted octanol–water partition coefficient (Wildman–Crippen LogP) is 0.553. The molecule has 0 fully saturated rings. The predicted molar refractivity (Wildman–Crippen MR) is 71.1 cm³/mol. The van der Waals surface area contributed by atoms with Crippen molar-refractivity contribution in [3.63, 3.8) is 0 Å². The molecule has 0 bridgehead atoms. The van der Waals surface area contributed by atoms with Crippen LogP contribution in [0.25, 0.3) is 11.4 Å². The highest BCUT2D eigenvalue weighted by molar-refractivity contribution is 5.91. The summed E-state index contributed by atoms with van der Waals surface area (Å²) in [6.07, 6.45) is 0.287. The van der Waals surface area contributed by atoms with Crippen LogP contribution in [0, 0.1) is 0 Å². The average Bonchev–Trinajstić information content (AvgIpc) is 2.74. The molecule has 0 spiro atoms. The number of nitrogens with two attached hydrogens (primary N) is 1. The topological polar surface area (TPSA) is 98.7 Å². The molecule has 1 heterocycles. The second-order valence-electron chi connectivity index (χ2n) is 4.44. The van der Waals surface area contributed by atoms with Crippen molar-refractivity contribution in [2.75, 3.05) is 5.32 Å². The van der Waals surface area contributed by atoms with Crippen LogP contribution < -0.4 is 11.1 Å². The van der Waals surface area contributed by atoms with Crippen molar-refractivity contribution in [1.82, 2.24) is 20.2 Å². The summed E-state index contributed by atoms with van der Waals surface area (Å²) in [4.78, 5) is 11.7. The molecule has 2 aromatic rings. The molecule has 0 aliphatic heterocycles. The first-order chi connectivity index (χ1) is 9.06. The van der Waals surface area contributed by atoms with E-state index in [-0.39, 0.29) is 18.4 Å². The van der Waals surface area contributed by atoms with Crippen molar-refractivity contribution in [2.45, 2.75) is 19.4 Å². The van der Waals surface area contributed by atoms with E-state index in [1.807, 2.05) is 24.3 Å². The molecule has 1 aromatic carbocycles. The van der Waals surface area contributed by atoms with Gasteiger partial charge in [-0.05, 0) is 29.5 Å². The number of carbonyl (C=O) groups is 1. The van der Waals surface area contributed by atoms with Crippen molar-refractivity contribution < 1.29 is 4.79 Å². The van der Waals surface area contributed by atoms with Gasteiger partial charge in [0.15, 0.2) is 5.82 Å². The van der Waals surface area contributed by atoms with E-state index in [9.17, 15) is 4.79 Å². The van der Waals surface area contributed by atoms with Crippen molar-refractivity contribution in [3.05, 3.63) is 24.3 Å². The average molecular weight is 260 g/mol. The Hall–Kier alpha value is -2.28. The molecule has 0 aliphatic carbocycles. The molecular formula is C12H16N6O. The molecule has 1 amide bonds. The maximum absolute atomic E-state index is 11.7. The number of amides is 1. The van der Waals surface area contributed by atoms with E-state index in [1.54, 1.807) is 18.7 Å². The third kappa shape index (κ3) is 3.35. The molecule has 0 saturated carbocycles. The number of nitrogens with one attached hydrogen (secondary N) is 1. The molecule has 2 rings (SSSR count). The summed E-state index contributed by atoms with van der Waals surface area (Å²) < 4.78 is 1.57. The Labute approximate surface area is 110 Å². The fraction of sp³-hybridized carbons (Fsp3) is 0.333. The molecule has 0 radical (unpaired) electrons. The highest BCUT2D eigenvalue weighted by Gasteiger charge is 2.09. The Morgan fingerprint density at radius 1 is 1.53 bits per heavy atom. The quantitative estimate of drug-likeness (QED) is 0.836. The van der Waals surface area contributed by atoms with Crippen molar-refractivity contribution in [3.8, 4) is 11.4 Å². The molecular weight excluding hydrogens is 244 g/mol.